The highest BCUT2D eigenvalue weighted by Gasteiger charge is 2.28. The lowest BCUT2D eigenvalue weighted by Gasteiger charge is -2.31. The SMILES string of the molecule is CC=C(C=C(F)CF)CS(O)(O)CC=C1C(=CC)NC(=O)C1=Cc1[nH]c(C)c(C(=O)NCCN(CC)CC)c1C. The standard InChI is InChI=1S/C29H42F2N4O4S/c1-7-21(15-22(31)17-30)18-40(38,39)14-11-23-24(28(36)34-25(23)8-2)16-26-19(5)27(20(6)33-26)29(37)32-12-13-35(9-3)10-4/h7-8,11,15-16,33,38-39H,9-10,12-14,17-18H2,1-6H3,(H,32,37)(H,34,36). The van der Waals surface area contributed by atoms with Gasteiger partial charge < -0.3 is 20.5 Å². The molecular weight excluding hydrogens is 538 g/mol. The van der Waals surface area contributed by atoms with E-state index in [2.05, 4.69) is 34.4 Å². The molecular formula is C29H42F2N4O4S. The number of aromatic nitrogens is 1. The maximum atomic E-state index is 13.4. The van der Waals surface area contributed by atoms with Gasteiger partial charge in [0.1, 0.15) is 12.5 Å². The van der Waals surface area contributed by atoms with Crippen molar-refractivity contribution >= 4 is 28.5 Å². The zero-order valence-electron chi connectivity index (χ0n) is 24.2. The Kier molecular flexibility index (Phi) is 12.6. The average Bonchev–Trinajstić information content (AvgIpc) is 3.38. The number of aryl methyl sites for hydroxylation is 1. The van der Waals surface area contributed by atoms with Crippen molar-refractivity contribution in [2.45, 2.75) is 41.5 Å². The molecule has 0 aliphatic carbocycles. The van der Waals surface area contributed by atoms with Gasteiger partial charge >= 0.3 is 0 Å². The molecule has 11 heteroatoms. The van der Waals surface area contributed by atoms with Gasteiger partial charge in [0.2, 0.25) is 0 Å². The minimum atomic E-state index is -3.26. The van der Waals surface area contributed by atoms with Gasteiger partial charge in [0.15, 0.2) is 0 Å². The summed E-state index contributed by atoms with van der Waals surface area (Å²) >= 11 is 0. The van der Waals surface area contributed by atoms with Gasteiger partial charge in [0.25, 0.3) is 11.8 Å². The number of rotatable bonds is 13. The Labute approximate surface area is 237 Å². The molecule has 0 radical (unpaired) electrons. The fourth-order valence-electron chi connectivity index (χ4n) is 4.47. The second-order valence-corrected chi connectivity index (χ2v) is 11.7. The van der Waals surface area contributed by atoms with Crippen LogP contribution in [0.3, 0.4) is 0 Å². The third kappa shape index (κ3) is 8.76. The third-order valence-electron chi connectivity index (χ3n) is 6.75. The number of nitrogens with zero attached hydrogens (tertiary/aromatic N) is 1. The van der Waals surface area contributed by atoms with E-state index < -0.39 is 23.1 Å². The average molecular weight is 581 g/mol. The van der Waals surface area contributed by atoms with E-state index in [0.717, 1.165) is 25.7 Å². The number of carbonyl (C=O) groups excluding carboxylic acids is 2. The molecule has 2 heterocycles. The van der Waals surface area contributed by atoms with E-state index in [0.29, 0.717) is 45.9 Å². The van der Waals surface area contributed by atoms with Crippen LogP contribution < -0.4 is 10.6 Å². The van der Waals surface area contributed by atoms with Crippen LogP contribution in [0.4, 0.5) is 8.78 Å². The zero-order valence-corrected chi connectivity index (χ0v) is 25.0. The summed E-state index contributed by atoms with van der Waals surface area (Å²) in [4.78, 5) is 31.3. The number of hydrogen-bond donors (Lipinski definition) is 5. The number of likely N-dealkylation sites (N-methyl/N-ethyl adjacent to an activating group) is 1. The third-order valence-corrected chi connectivity index (χ3v) is 8.25. The molecule has 2 rings (SSSR count). The summed E-state index contributed by atoms with van der Waals surface area (Å²) in [6, 6.07) is 0. The Bertz CT molecular complexity index is 1240. The highest BCUT2D eigenvalue weighted by Crippen LogP contribution is 2.42. The minimum absolute atomic E-state index is 0.197. The number of halogens is 2. The van der Waals surface area contributed by atoms with E-state index in [4.69, 9.17) is 0 Å². The summed E-state index contributed by atoms with van der Waals surface area (Å²) in [6.45, 7) is 12.9. The van der Waals surface area contributed by atoms with Gasteiger partial charge in [-0.3, -0.25) is 18.7 Å². The number of amides is 2. The van der Waals surface area contributed by atoms with E-state index in [-0.39, 0.29) is 28.9 Å². The van der Waals surface area contributed by atoms with Gasteiger partial charge in [0, 0.05) is 35.7 Å². The number of alkyl halides is 1. The van der Waals surface area contributed by atoms with Crippen molar-refractivity contribution in [3.8, 4) is 0 Å². The van der Waals surface area contributed by atoms with Crippen molar-refractivity contribution in [3.63, 3.8) is 0 Å². The molecule has 1 fully saturated rings. The van der Waals surface area contributed by atoms with Crippen LogP contribution in [0, 0.1) is 13.8 Å². The van der Waals surface area contributed by atoms with Crippen LogP contribution in [0.2, 0.25) is 0 Å². The quantitative estimate of drug-likeness (QED) is 0.155. The molecule has 1 aliphatic rings. The lowest BCUT2D eigenvalue weighted by atomic mass is 10.0. The van der Waals surface area contributed by atoms with Gasteiger partial charge in [-0.05, 0) is 64.1 Å². The lowest BCUT2D eigenvalue weighted by Crippen LogP contribution is -2.35. The number of aromatic amines is 1. The first kappa shape index (κ1) is 33.2. The first-order valence-electron chi connectivity index (χ1n) is 13.3. The maximum Gasteiger partial charge on any atom is 0.256 e. The van der Waals surface area contributed by atoms with Crippen LogP contribution in [0.25, 0.3) is 6.08 Å². The zero-order chi connectivity index (χ0) is 30.0. The van der Waals surface area contributed by atoms with E-state index in [1.54, 1.807) is 45.9 Å². The predicted octanol–water partition coefficient (Wildman–Crippen LogP) is 5.57. The monoisotopic (exact) mass is 580 g/mol. The predicted molar refractivity (Wildman–Crippen MR) is 160 cm³/mol. The van der Waals surface area contributed by atoms with Crippen LogP contribution in [-0.4, -0.2) is 75.2 Å². The summed E-state index contributed by atoms with van der Waals surface area (Å²) in [6.07, 6.45) is 7.36. The van der Waals surface area contributed by atoms with Crippen molar-refractivity contribution in [1.29, 1.82) is 0 Å². The molecule has 1 aliphatic heterocycles. The molecule has 8 nitrogen and oxygen atoms in total. The molecule has 1 saturated heterocycles. The molecule has 40 heavy (non-hydrogen) atoms. The van der Waals surface area contributed by atoms with Crippen molar-refractivity contribution in [2.24, 2.45) is 0 Å². The second-order valence-electron chi connectivity index (χ2n) is 9.48. The summed E-state index contributed by atoms with van der Waals surface area (Å²) in [5, 5.41) is 5.75. The molecule has 2 amide bonds. The molecule has 1 aromatic rings. The highest BCUT2D eigenvalue weighted by molar-refractivity contribution is 8.24. The molecule has 0 saturated carbocycles. The normalized spacial score (nSPS) is 18.4. The Balaban J connectivity index is 2.34. The van der Waals surface area contributed by atoms with Crippen LogP contribution >= 0.6 is 10.6 Å². The summed E-state index contributed by atoms with van der Waals surface area (Å²) in [5.41, 5.74) is 4.02. The molecule has 0 bridgehead atoms. The van der Waals surface area contributed by atoms with E-state index in [1.807, 2.05) is 0 Å². The summed E-state index contributed by atoms with van der Waals surface area (Å²) in [7, 11) is -3.26. The maximum absolute atomic E-state index is 13.4. The Morgan fingerprint density at radius 1 is 1.15 bits per heavy atom. The van der Waals surface area contributed by atoms with E-state index in [9.17, 15) is 27.5 Å². The number of carbonyl (C=O) groups is 2. The number of nitrogens with one attached hydrogen (secondary N) is 3. The van der Waals surface area contributed by atoms with Crippen molar-refractivity contribution in [3.05, 3.63) is 75.1 Å². The van der Waals surface area contributed by atoms with E-state index in [1.165, 1.54) is 6.08 Å². The molecule has 0 unspecified atom stereocenters. The fraction of sp³-hybridized carbons (Fsp3) is 0.448. The Hall–Kier alpha value is -2.99. The van der Waals surface area contributed by atoms with Crippen molar-refractivity contribution in [2.75, 3.05) is 44.4 Å². The smallest absolute Gasteiger partial charge is 0.256 e. The molecule has 0 atom stereocenters. The van der Waals surface area contributed by atoms with Gasteiger partial charge in [-0.25, -0.2) is 8.78 Å². The number of allylic oxidation sites excluding steroid dienone is 5. The van der Waals surface area contributed by atoms with Crippen LogP contribution in [0.5, 0.6) is 0 Å². The minimum Gasteiger partial charge on any atom is -0.358 e. The summed E-state index contributed by atoms with van der Waals surface area (Å²) in [5.74, 6) is -2.02. The molecule has 222 valence electrons. The Morgan fingerprint density at radius 2 is 1.82 bits per heavy atom. The lowest BCUT2D eigenvalue weighted by molar-refractivity contribution is -0.115. The first-order valence-corrected chi connectivity index (χ1v) is 15.2. The van der Waals surface area contributed by atoms with Gasteiger partial charge in [-0.15, -0.1) is 0 Å². The van der Waals surface area contributed by atoms with Crippen LogP contribution in [-0.2, 0) is 4.79 Å². The largest absolute Gasteiger partial charge is 0.358 e. The summed E-state index contributed by atoms with van der Waals surface area (Å²) < 4.78 is 47.3. The Morgan fingerprint density at radius 3 is 2.40 bits per heavy atom. The second kappa shape index (κ2) is 15.1. The van der Waals surface area contributed by atoms with Crippen molar-refractivity contribution < 1.29 is 27.5 Å². The molecule has 1 aromatic heterocycles. The molecule has 0 aromatic carbocycles. The first-order chi connectivity index (χ1) is 18.9. The molecule has 5 N–H and O–H groups in total. The van der Waals surface area contributed by atoms with Crippen LogP contribution in [0.1, 0.15) is 55.0 Å². The van der Waals surface area contributed by atoms with Gasteiger partial charge in [-0.1, -0.05) is 32.1 Å². The van der Waals surface area contributed by atoms with Crippen LogP contribution in [0.15, 0.2) is 52.5 Å². The topological polar surface area (TPSA) is 118 Å². The van der Waals surface area contributed by atoms with Crippen molar-refractivity contribution in [1.82, 2.24) is 20.5 Å². The highest BCUT2D eigenvalue weighted by atomic mass is 32.3. The number of hydrogen-bond acceptors (Lipinski definition) is 5. The molecule has 0 spiro atoms. The van der Waals surface area contributed by atoms with Gasteiger partial charge in [-0.2, -0.15) is 10.6 Å². The fourth-order valence-corrected chi connectivity index (χ4v) is 5.80. The van der Waals surface area contributed by atoms with E-state index >= 15 is 0 Å². The number of H-pyrrole nitrogens is 1. The van der Waals surface area contributed by atoms with Gasteiger partial charge in [0.05, 0.1) is 22.6 Å².